The van der Waals surface area contributed by atoms with Crippen molar-refractivity contribution in [3.8, 4) is 5.88 Å². The first-order valence-corrected chi connectivity index (χ1v) is 12.0. The largest absolute Gasteiger partial charge is 0.481 e. The van der Waals surface area contributed by atoms with Gasteiger partial charge in [-0.05, 0) is 50.0 Å². The van der Waals surface area contributed by atoms with E-state index in [2.05, 4.69) is 14.9 Å². The standard InChI is InChI=1S/C22H27F2N3O3S/c23-22(24)7-9-27(10-8-22)14-2-4-15(5-3-14)30-20-19-18-13(11-17(28)29)1-6-16(18)31-21(19)26-12-25-20/h12-15H,1-11H2,(H,28,29)/t13-,14?,15?/m1/s1. The molecule has 1 aliphatic heterocycles. The lowest BCUT2D eigenvalue weighted by Crippen LogP contribution is -2.47. The third-order valence-electron chi connectivity index (χ3n) is 7.08. The third-order valence-corrected chi connectivity index (χ3v) is 8.26. The quantitative estimate of drug-likeness (QED) is 0.715. The molecule has 9 heteroatoms. The Morgan fingerprint density at radius 1 is 1.19 bits per heavy atom. The van der Waals surface area contributed by atoms with Crippen LogP contribution in [0.3, 0.4) is 0 Å². The fourth-order valence-corrected chi connectivity index (χ4v) is 6.68. The molecule has 1 N–H and O–H groups in total. The minimum Gasteiger partial charge on any atom is -0.481 e. The molecule has 2 aromatic heterocycles. The Balaban J connectivity index is 1.27. The molecule has 2 fully saturated rings. The van der Waals surface area contributed by atoms with Gasteiger partial charge in [0, 0.05) is 36.9 Å². The number of nitrogens with zero attached hydrogens (tertiary/aromatic N) is 3. The van der Waals surface area contributed by atoms with Gasteiger partial charge in [-0.1, -0.05) is 0 Å². The Labute approximate surface area is 183 Å². The molecule has 168 valence electrons. The molecule has 31 heavy (non-hydrogen) atoms. The van der Waals surface area contributed by atoms with Crippen molar-refractivity contribution in [3.05, 3.63) is 16.8 Å². The first-order valence-electron chi connectivity index (χ1n) is 11.2. The molecule has 0 unspecified atom stereocenters. The van der Waals surface area contributed by atoms with E-state index in [1.807, 2.05) is 0 Å². The number of rotatable bonds is 5. The third kappa shape index (κ3) is 4.26. The number of aryl methyl sites for hydroxylation is 1. The Bertz CT molecular complexity index is 964. The molecule has 5 rings (SSSR count). The summed E-state index contributed by atoms with van der Waals surface area (Å²) in [5.41, 5.74) is 1.07. The molecular formula is C22H27F2N3O3S. The second-order valence-electron chi connectivity index (χ2n) is 9.07. The molecule has 1 atom stereocenters. The highest BCUT2D eigenvalue weighted by atomic mass is 32.1. The van der Waals surface area contributed by atoms with Crippen LogP contribution >= 0.6 is 11.3 Å². The molecular weight excluding hydrogens is 424 g/mol. The van der Waals surface area contributed by atoms with E-state index in [1.54, 1.807) is 11.3 Å². The van der Waals surface area contributed by atoms with E-state index in [0.717, 1.165) is 54.3 Å². The second kappa shape index (κ2) is 8.24. The van der Waals surface area contributed by atoms with Gasteiger partial charge in [0.05, 0.1) is 11.8 Å². The number of alkyl halides is 2. The maximum Gasteiger partial charge on any atom is 0.303 e. The maximum atomic E-state index is 13.5. The topological polar surface area (TPSA) is 75.5 Å². The maximum absolute atomic E-state index is 13.5. The number of hydrogen-bond acceptors (Lipinski definition) is 6. The van der Waals surface area contributed by atoms with Gasteiger partial charge in [0.15, 0.2) is 0 Å². The van der Waals surface area contributed by atoms with E-state index in [9.17, 15) is 18.7 Å². The smallest absolute Gasteiger partial charge is 0.303 e. The van der Waals surface area contributed by atoms with Crippen LogP contribution in [-0.4, -0.2) is 57.1 Å². The Morgan fingerprint density at radius 2 is 1.94 bits per heavy atom. The molecule has 1 saturated carbocycles. The molecule has 2 aromatic rings. The summed E-state index contributed by atoms with van der Waals surface area (Å²) >= 11 is 1.62. The van der Waals surface area contributed by atoms with Gasteiger partial charge in [0.1, 0.15) is 17.3 Å². The lowest BCUT2D eigenvalue weighted by molar-refractivity contribution is -0.137. The average molecular weight is 452 g/mol. The molecule has 1 saturated heterocycles. The van der Waals surface area contributed by atoms with Crippen LogP contribution in [0.1, 0.15) is 67.7 Å². The Hall–Kier alpha value is -1.87. The number of hydrogen-bond donors (Lipinski definition) is 1. The van der Waals surface area contributed by atoms with Gasteiger partial charge in [0.2, 0.25) is 5.88 Å². The minimum atomic E-state index is -2.51. The highest BCUT2D eigenvalue weighted by Gasteiger charge is 2.38. The van der Waals surface area contributed by atoms with Crippen molar-refractivity contribution in [1.29, 1.82) is 0 Å². The van der Waals surface area contributed by atoms with E-state index in [4.69, 9.17) is 4.74 Å². The zero-order valence-corrected chi connectivity index (χ0v) is 18.2. The van der Waals surface area contributed by atoms with Gasteiger partial charge in [-0.2, -0.15) is 0 Å². The van der Waals surface area contributed by atoms with Gasteiger partial charge in [-0.15, -0.1) is 11.3 Å². The number of fused-ring (bicyclic) bond motifs is 3. The van der Waals surface area contributed by atoms with Crippen molar-refractivity contribution in [2.45, 2.75) is 81.8 Å². The summed E-state index contributed by atoms with van der Waals surface area (Å²) in [4.78, 5) is 24.4. The fourth-order valence-electron chi connectivity index (χ4n) is 5.45. The lowest BCUT2D eigenvalue weighted by atomic mass is 9.90. The van der Waals surface area contributed by atoms with E-state index in [0.29, 0.717) is 25.0 Å². The van der Waals surface area contributed by atoms with E-state index < -0.39 is 11.9 Å². The first-order chi connectivity index (χ1) is 14.9. The SMILES string of the molecule is O=C(O)C[C@H]1CCc2sc3ncnc(OC4CCC(N5CCC(F)(F)CC5)CC4)c3c21. The molecule has 2 aliphatic carbocycles. The van der Waals surface area contributed by atoms with Gasteiger partial charge < -0.3 is 9.84 Å². The molecule has 0 radical (unpaired) electrons. The second-order valence-corrected chi connectivity index (χ2v) is 10.2. The highest BCUT2D eigenvalue weighted by Crippen LogP contribution is 2.47. The van der Waals surface area contributed by atoms with Crippen LogP contribution in [0.15, 0.2) is 6.33 Å². The van der Waals surface area contributed by atoms with Crippen LogP contribution in [0.2, 0.25) is 0 Å². The van der Waals surface area contributed by atoms with Crippen molar-refractivity contribution in [3.63, 3.8) is 0 Å². The van der Waals surface area contributed by atoms with Crippen LogP contribution in [0, 0.1) is 0 Å². The summed E-state index contributed by atoms with van der Waals surface area (Å²) < 4.78 is 33.2. The molecule has 0 amide bonds. The van der Waals surface area contributed by atoms with Crippen LogP contribution in [0.25, 0.3) is 10.2 Å². The number of carboxylic acid groups (broad SMARTS) is 1. The average Bonchev–Trinajstić information content (AvgIpc) is 3.28. The normalized spacial score (nSPS) is 28.5. The number of piperidine rings is 1. The number of ether oxygens (including phenoxy) is 1. The summed E-state index contributed by atoms with van der Waals surface area (Å²) in [6, 6.07) is 0.353. The number of aromatic nitrogens is 2. The van der Waals surface area contributed by atoms with Crippen molar-refractivity contribution in [2.24, 2.45) is 0 Å². The van der Waals surface area contributed by atoms with Crippen LogP contribution in [-0.2, 0) is 11.2 Å². The number of likely N-dealkylation sites (tertiary alicyclic amines) is 1. The zero-order chi connectivity index (χ0) is 21.6. The lowest BCUT2D eigenvalue weighted by Gasteiger charge is -2.40. The van der Waals surface area contributed by atoms with Gasteiger partial charge in [-0.3, -0.25) is 9.69 Å². The molecule has 3 aliphatic rings. The number of carbonyl (C=O) groups is 1. The summed E-state index contributed by atoms with van der Waals surface area (Å²) in [6.07, 6.45) is 6.94. The number of carboxylic acids is 1. The van der Waals surface area contributed by atoms with Crippen LogP contribution < -0.4 is 4.74 Å². The molecule has 6 nitrogen and oxygen atoms in total. The first kappa shape index (κ1) is 21.0. The van der Waals surface area contributed by atoms with Crippen molar-refractivity contribution in [1.82, 2.24) is 14.9 Å². The van der Waals surface area contributed by atoms with Crippen LogP contribution in [0.5, 0.6) is 5.88 Å². The molecule has 0 aromatic carbocycles. The fraction of sp³-hybridized carbons (Fsp3) is 0.682. The van der Waals surface area contributed by atoms with E-state index in [-0.39, 0.29) is 31.3 Å². The highest BCUT2D eigenvalue weighted by molar-refractivity contribution is 7.19. The Morgan fingerprint density at radius 3 is 2.65 bits per heavy atom. The Kier molecular flexibility index (Phi) is 5.58. The number of halogens is 2. The predicted octanol–water partition coefficient (Wildman–Crippen LogP) is 4.62. The summed E-state index contributed by atoms with van der Waals surface area (Å²) in [7, 11) is 0. The van der Waals surface area contributed by atoms with Gasteiger partial charge >= 0.3 is 5.97 Å². The predicted molar refractivity (Wildman–Crippen MR) is 113 cm³/mol. The summed E-state index contributed by atoms with van der Waals surface area (Å²) in [5.74, 6) is -2.73. The molecule has 3 heterocycles. The monoisotopic (exact) mass is 451 g/mol. The zero-order valence-electron chi connectivity index (χ0n) is 17.4. The van der Waals surface area contributed by atoms with Crippen LogP contribution in [0.4, 0.5) is 8.78 Å². The van der Waals surface area contributed by atoms with E-state index >= 15 is 0 Å². The van der Waals surface area contributed by atoms with Crippen molar-refractivity contribution in [2.75, 3.05) is 13.1 Å². The van der Waals surface area contributed by atoms with Gasteiger partial charge in [0.25, 0.3) is 5.92 Å². The van der Waals surface area contributed by atoms with Gasteiger partial charge in [-0.25, -0.2) is 18.7 Å². The van der Waals surface area contributed by atoms with E-state index in [1.165, 1.54) is 11.2 Å². The minimum absolute atomic E-state index is 0.0115. The number of aliphatic carboxylic acids is 1. The van der Waals surface area contributed by atoms with Crippen molar-refractivity contribution < 1.29 is 23.4 Å². The molecule has 0 bridgehead atoms. The number of thiophene rings is 1. The molecule has 0 spiro atoms. The summed E-state index contributed by atoms with van der Waals surface area (Å²) in [5, 5.41) is 10.2. The summed E-state index contributed by atoms with van der Waals surface area (Å²) in [6.45, 7) is 0.948. The van der Waals surface area contributed by atoms with Crippen molar-refractivity contribution >= 4 is 27.5 Å².